The van der Waals surface area contributed by atoms with Crippen LogP contribution in [0.25, 0.3) is 0 Å². The van der Waals surface area contributed by atoms with Gasteiger partial charge in [-0.2, -0.15) is 4.37 Å². The van der Waals surface area contributed by atoms with E-state index in [0.29, 0.717) is 5.82 Å². The van der Waals surface area contributed by atoms with Crippen molar-refractivity contribution in [2.45, 2.75) is 6.54 Å². The first-order chi connectivity index (χ1) is 7.65. The van der Waals surface area contributed by atoms with Crippen LogP contribution in [0.4, 0.5) is 10.8 Å². The Morgan fingerprint density at radius 3 is 2.62 bits per heavy atom. The molecule has 1 heterocycles. The number of benzene rings is 1. The van der Waals surface area contributed by atoms with E-state index in [2.05, 4.69) is 9.27 Å². The van der Waals surface area contributed by atoms with Gasteiger partial charge in [-0.15, -0.1) is 0 Å². The molecule has 1 aromatic heterocycles. The molecule has 0 saturated carbocycles. The van der Waals surface area contributed by atoms with Crippen LogP contribution < -0.4 is 10.6 Å². The van der Waals surface area contributed by atoms with Gasteiger partial charge in [-0.3, -0.25) is 0 Å². The van der Waals surface area contributed by atoms with Crippen molar-refractivity contribution < 1.29 is 0 Å². The van der Waals surface area contributed by atoms with Crippen molar-refractivity contribution in [2.75, 3.05) is 17.7 Å². The van der Waals surface area contributed by atoms with E-state index >= 15 is 0 Å². The summed E-state index contributed by atoms with van der Waals surface area (Å²) >= 11 is 7.24. The van der Waals surface area contributed by atoms with E-state index in [1.54, 1.807) is 0 Å². The third-order valence-corrected chi connectivity index (χ3v) is 3.40. The van der Waals surface area contributed by atoms with Crippen LogP contribution in [0.2, 0.25) is 5.02 Å². The second-order valence-electron chi connectivity index (χ2n) is 3.57. The fraction of sp³-hybridized carbons (Fsp3) is 0.182. The summed E-state index contributed by atoms with van der Waals surface area (Å²) in [5, 5.41) is 1.82. The van der Waals surface area contributed by atoms with Crippen LogP contribution in [0.1, 0.15) is 5.56 Å². The highest BCUT2D eigenvalue weighted by Gasteiger charge is 2.05. The van der Waals surface area contributed by atoms with E-state index in [1.807, 2.05) is 37.4 Å². The summed E-state index contributed by atoms with van der Waals surface area (Å²) in [7, 11) is 2.02. The summed E-state index contributed by atoms with van der Waals surface area (Å²) in [6.07, 6.45) is 0. The van der Waals surface area contributed by atoms with Crippen LogP contribution in [-0.2, 0) is 6.54 Å². The first kappa shape index (κ1) is 11.2. The molecule has 0 radical (unpaired) electrons. The molecule has 3 nitrogen and oxygen atoms in total. The number of aromatic nitrogens is 1. The summed E-state index contributed by atoms with van der Waals surface area (Å²) in [6, 6.07) is 9.70. The normalized spacial score (nSPS) is 10.4. The molecule has 16 heavy (non-hydrogen) atoms. The Morgan fingerprint density at radius 2 is 2.06 bits per heavy atom. The molecule has 2 aromatic rings. The van der Waals surface area contributed by atoms with Crippen LogP contribution in [0.15, 0.2) is 30.3 Å². The number of nitrogens with two attached hydrogens (primary N) is 1. The molecule has 84 valence electrons. The molecular weight excluding hydrogens is 242 g/mol. The molecule has 0 unspecified atom stereocenters. The van der Waals surface area contributed by atoms with Crippen molar-refractivity contribution in [3.8, 4) is 0 Å². The van der Waals surface area contributed by atoms with Crippen molar-refractivity contribution in [3.63, 3.8) is 0 Å². The lowest BCUT2D eigenvalue weighted by Gasteiger charge is -2.16. The Hall–Kier alpha value is -1.26. The molecule has 0 fully saturated rings. The molecule has 2 rings (SSSR count). The van der Waals surface area contributed by atoms with Gasteiger partial charge in [-0.1, -0.05) is 23.7 Å². The van der Waals surface area contributed by atoms with Crippen LogP contribution in [0.3, 0.4) is 0 Å². The molecule has 0 spiro atoms. The van der Waals surface area contributed by atoms with Gasteiger partial charge in [-0.25, -0.2) is 0 Å². The van der Waals surface area contributed by atoms with E-state index in [9.17, 15) is 0 Å². The van der Waals surface area contributed by atoms with Gasteiger partial charge < -0.3 is 10.6 Å². The summed E-state index contributed by atoms with van der Waals surface area (Å²) in [5.74, 6) is 0.572. The van der Waals surface area contributed by atoms with Crippen molar-refractivity contribution in [2.24, 2.45) is 0 Å². The van der Waals surface area contributed by atoms with Crippen molar-refractivity contribution in [1.82, 2.24) is 4.37 Å². The Bertz CT molecular complexity index is 466. The van der Waals surface area contributed by atoms with Crippen molar-refractivity contribution >= 4 is 34.0 Å². The fourth-order valence-electron chi connectivity index (χ4n) is 1.40. The average molecular weight is 254 g/mol. The number of nitrogens with zero attached hydrogens (tertiary/aromatic N) is 2. The highest BCUT2D eigenvalue weighted by Crippen LogP contribution is 2.23. The second-order valence-corrected chi connectivity index (χ2v) is 4.79. The topological polar surface area (TPSA) is 42.1 Å². The number of hydrogen-bond donors (Lipinski definition) is 1. The fourth-order valence-corrected chi connectivity index (χ4v) is 2.16. The maximum absolute atomic E-state index is 5.83. The molecule has 0 aliphatic rings. The Balaban J connectivity index is 2.07. The first-order valence-electron chi connectivity index (χ1n) is 4.83. The lowest BCUT2D eigenvalue weighted by molar-refractivity contribution is 0.935. The van der Waals surface area contributed by atoms with E-state index in [0.717, 1.165) is 16.6 Å². The molecule has 0 saturated heterocycles. The number of halogens is 1. The maximum atomic E-state index is 5.83. The lowest BCUT2D eigenvalue weighted by atomic mass is 10.2. The molecule has 5 heteroatoms. The minimum Gasteiger partial charge on any atom is -0.383 e. The minimum atomic E-state index is 0.572. The van der Waals surface area contributed by atoms with Gasteiger partial charge in [0.2, 0.25) is 0 Å². The third-order valence-electron chi connectivity index (χ3n) is 2.23. The quantitative estimate of drug-likeness (QED) is 0.914. The predicted octanol–water partition coefficient (Wildman–Crippen LogP) is 3.02. The predicted molar refractivity (Wildman–Crippen MR) is 70.1 cm³/mol. The summed E-state index contributed by atoms with van der Waals surface area (Å²) in [5.41, 5.74) is 6.79. The maximum Gasteiger partial charge on any atom is 0.139 e. The summed E-state index contributed by atoms with van der Waals surface area (Å²) in [6.45, 7) is 0.818. The zero-order chi connectivity index (χ0) is 11.5. The second kappa shape index (κ2) is 4.72. The zero-order valence-electron chi connectivity index (χ0n) is 8.85. The monoisotopic (exact) mass is 253 g/mol. The molecular formula is C11H12ClN3S. The molecule has 0 atom stereocenters. The first-order valence-corrected chi connectivity index (χ1v) is 5.98. The van der Waals surface area contributed by atoms with Crippen molar-refractivity contribution in [1.29, 1.82) is 0 Å². The van der Waals surface area contributed by atoms with Crippen LogP contribution in [-0.4, -0.2) is 11.4 Å². The van der Waals surface area contributed by atoms with Crippen LogP contribution >= 0.6 is 23.1 Å². The highest BCUT2D eigenvalue weighted by atomic mass is 35.5. The Kier molecular flexibility index (Phi) is 3.31. The summed E-state index contributed by atoms with van der Waals surface area (Å²) in [4.78, 5) is 2.11. The van der Waals surface area contributed by atoms with Crippen LogP contribution in [0.5, 0.6) is 0 Å². The molecule has 0 bridgehead atoms. The largest absolute Gasteiger partial charge is 0.383 e. The Labute approximate surface area is 104 Å². The van der Waals surface area contributed by atoms with Gasteiger partial charge >= 0.3 is 0 Å². The third kappa shape index (κ3) is 2.65. The van der Waals surface area contributed by atoms with Gasteiger partial charge in [0, 0.05) is 24.7 Å². The van der Waals surface area contributed by atoms with E-state index in [4.69, 9.17) is 17.3 Å². The molecule has 2 N–H and O–H groups in total. The van der Waals surface area contributed by atoms with Gasteiger partial charge in [0.25, 0.3) is 0 Å². The highest BCUT2D eigenvalue weighted by molar-refractivity contribution is 7.10. The standard InChI is InChI=1S/C11H12ClN3S/c1-15(11-6-10(13)14-16-11)7-8-2-4-9(12)5-3-8/h2-6H,7H2,1H3,(H2,13,14). The van der Waals surface area contributed by atoms with Gasteiger partial charge in [0.05, 0.1) is 0 Å². The van der Waals surface area contributed by atoms with Crippen LogP contribution in [0, 0.1) is 0 Å². The van der Waals surface area contributed by atoms with E-state index in [1.165, 1.54) is 17.1 Å². The average Bonchev–Trinajstić information content (AvgIpc) is 2.68. The minimum absolute atomic E-state index is 0.572. The number of rotatable bonds is 3. The Morgan fingerprint density at radius 1 is 1.38 bits per heavy atom. The van der Waals surface area contributed by atoms with Crippen molar-refractivity contribution in [3.05, 3.63) is 40.9 Å². The van der Waals surface area contributed by atoms with E-state index < -0.39 is 0 Å². The van der Waals surface area contributed by atoms with E-state index in [-0.39, 0.29) is 0 Å². The SMILES string of the molecule is CN(Cc1ccc(Cl)cc1)c1cc(N)ns1. The van der Waals surface area contributed by atoms with Gasteiger partial charge in [0.1, 0.15) is 10.8 Å². The molecule has 1 aromatic carbocycles. The lowest BCUT2D eigenvalue weighted by Crippen LogP contribution is -2.14. The van der Waals surface area contributed by atoms with Gasteiger partial charge in [-0.05, 0) is 29.2 Å². The molecule has 0 aliphatic heterocycles. The number of anilines is 2. The summed E-state index contributed by atoms with van der Waals surface area (Å²) < 4.78 is 4.05. The number of hydrogen-bond acceptors (Lipinski definition) is 4. The molecule has 0 amide bonds. The smallest absolute Gasteiger partial charge is 0.139 e. The van der Waals surface area contributed by atoms with Gasteiger partial charge in [0.15, 0.2) is 0 Å². The molecule has 0 aliphatic carbocycles. The zero-order valence-corrected chi connectivity index (χ0v) is 10.4. The number of nitrogen functional groups attached to an aromatic ring is 1.